The van der Waals surface area contributed by atoms with Crippen LogP contribution >= 0.6 is 0 Å². The van der Waals surface area contributed by atoms with Crippen LogP contribution in [-0.2, 0) is 9.59 Å². The number of nitrogens with zero attached hydrogens (tertiary/aromatic N) is 1. The highest BCUT2D eigenvalue weighted by atomic mass is 16.4. The number of anilines is 1. The first kappa shape index (κ1) is 15.2. The van der Waals surface area contributed by atoms with Crippen LogP contribution in [-0.4, -0.2) is 35.0 Å². The van der Waals surface area contributed by atoms with Gasteiger partial charge < -0.3 is 10.4 Å². The van der Waals surface area contributed by atoms with Gasteiger partial charge in [-0.25, -0.2) is 0 Å². The molecule has 5 nitrogen and oxygen atoms in total. The first-order chi connectivity index (χ1) is 8.99. The topological polar surface area (TPSA) is 69.6 Å². The Morgan fingerprint density at radius 1 is 1.21 bits per heavy atom. The maximum Gasteiger partial charge on any atom is 0.325 e. The maximum absolute atomic E-state index is 11.4. The van der Waals surface area contributed by atoms with E-state index in [0.717, 1.165) is 0 Å². The molecule has 0 radical (unpaired) electrons. The Bertz CT molecular complexity index is 439. The molecular formula is C14H20N2O3. The fraction of sp³-hybridized carbons (Fsp3) is 0.429. The molecule has 2 N–H and O–H groups in total. The summed E-state index contributed by atoms with van der Waals surface area (Å²) >= 11 is 0. The molecule has 1 aromatic carbocycles. The average molecular weight is 264 g/mol. The van der Waals surface area contributed by atoms with E-state index >= 15 is 0 Å². The Labute approximate surface area is 113 Å². The summed E-state index contributed by atoms with van der Waals surface area (Å²) in [6.45, 7) is 6.64. The van der Waals surface area contributed by atoms with Crippen LogP contribution in [0.5, 0.6) is 0 Å². The number of carboxylic acid groups (broad SMARTS) is 1. The zero-order chi connectivity index (χ0) is 14.4. The summed E-state index contributed by atoms with van der Waals surface area (Å²) in [5.74, 6) is -1.01. The number of hydrogen-bond donors (Lipinski definition) is 2. The van der Waals surface area contributed by atoms with Crippen molar-refractivity contribution in [1.29, 1.82) is 0 Å². The summed E-state index contributed by atoms with van der Waals surface area (Å²) in [5, 5.41) is 12.0. The molecule has 0 bridgehead atoms. The maximum atomic E-state index is 11.4. The second-order valence-electron chi connectivity index (χ2n) is 4.27. The van der Waals surface area contributed by atoms with Crippen LogP contribution in [0, 0.1) is 0 Å². The van der Waals surface area contributed by atoms with Crippen LogP contribution in [0.1, 0.15) is 32.4 Å². The second-order valence-corrected chi connectivity index (χ2v) is 4.27. The van der Waals surface area contributed by atoms with Gasteiger partial charge >= 0.3 is 5.97 Å². The highest BCUT2D eigenvalue weighted by molar-refractivity contribution is 5.88. The Morgan fingerprint density at radius 2 is 1.74 bits per heavy atom. The largest absolute Gasteiger partial charge is 0.480 e. The number of amides is 1. The van der Waals surface area contributed by atoms with Crippen molar-refractivity contribution in [3.8, 4) is 0 Å². The Balaban J connectivity index is 2.97. The number of aliphatic carboxylic acids is 1. The fourth-order valence-electron chi connectivity index (χ4n) is 2.05. The van der Waals surface area contributed by atoms with E-state index in [1.54, 1.807) is 24.3 Å². The first-order valence-corrected chi connectivity index (χ1v) is 6.34. The third kappa shape index (κ3) is 4.06. The van der Waals surface area contributed by atoms with Gasteiger partial charge in [0.25, 0.3) is 0 Å². The monoisotopic (exact) mass is 264 g/mol. The van der Waals surface area contributed by atoms with Crippen LogP contribution in [0.2, 0.25) is 0 Å². The van der Waals surface area contributed by atoms with E-state index in [4.69, 9.17) is 0 Å². The van der Waals surface area contributed by atoms with Crippen LogP contribution in [0.15, 0.2) is 24.3 Å². The smallest absolute Gasteiger partial charge is 0.325 e. The number of carbonyl (C=O) groups excluding carboxylic acids is 1. The zero-order valence-electron chi connectivity index (χ0n) is 11.5. The van der Waals surface area contributed by atoms with E-state index in [9.17, 15) is 14.7 Å². The molecule has 19 heavy (non-hydrogen) atoms. The van der Waals surface area contributed by atoms with E-state index in [0.29, 0.717) is 24.3 Å². The molecule has 1 aromatic rings. The van der Waals surface area contributed by atoms with Gasteiger partial charge in [-0.3, -0.25) is 14.5 Å². The minimum atomic E-state index is -0.865. The normalized spacial score (nSPS) is 12.2. The molecule has 0 saturated carbocycles. The lowest BCUT2D eigenvalue weighted by Gasteiger charge is -2.26. The van der Waals surface area contributed by atoms with Crippen LogP contribution in [0.25, 0.3) is 0 Å². The summed E-state index contributed by atoms with van der Waals surface area (Å²) in [6, 6.07) is 6.26. The molecule has 1 amide bonds. The molecule has 104 valence electrons. The predicted molar refractivity (Wildman–Crippen MR) is 74.0 cm³/mol. The summed E-state index contributed by atoms with van der Waals surface area (Å²) in [7, 11) is 0. The van der Waals surface area contributed by atoms with Crippen LogP contribution < -0.4 is 5.32 Å². The number of likely N-dealkylation sites (N-methyl/N-ethyl adjacent to an activating group) is 1. The van der Waals surface area contributed by atoms with Gasteiger partial charge in [-0.15, -0.1) is 0 Å². The van der Waals surface area contributed by atoms with Gasteiger partial charge in [-0.05, 0) is 30.8 Å². The summed E-state index contributed by atoms with van der Waals surface area (Å²) in [6.07, 6.45) is 0. The van der Waals surface area contributed by atoms with Gasteiger partial charge in [0.05, 0.1) is 0 Å². The zero-order valence-corrected chi connectivity index (χ0v) is 11.5. The molecule has 5 heteroatoms. The van der Waals surface area contributed by atoms with Crippen molar-refractivity contribution < 1.29 is 14.7 Å². The van der Waals surface area contributed by atoms with Gasteiger partial charge in [-0.2, -0.15) is 0 Å². The molecule has 1 atom stereocenters. The molecule has 0 aliphatic rings. The number of benzene rings is 1. The highest BCUT2D eigenvalue weighted by Gasteiger charge is 2.25. The van der Waals surface area contributed by atoms with Crippen molar-refractivity contribution in [3.05, 3.63) is 29.8 Å². The second kappa shape index (κ2) is 6.89. The third-order valence-electron chi connectivity index (χ3n) is 2.96. The number of rotatable bonds is 6. The molecule has 0 aliphatic carbocycles. The van der Waals surface area contributed by atoms with Crippen molar-refractivity contribution >= 4 is 17.6 Å². The molecule has 0 saturated heterocycles. The molecule has 1 rings (SSSR count). The lowest BCUT2D eigenvalue weighted by Crippen LogP contribution is -2.33. The van der Waals surface area contributed by atoms with Gasteiger partial charge in [0, 0.05) is 12.6 Å². The number of carbonyl (C=O) groups is 2. The van der Waals surface area contributed by atoms with Gasteiger partial charge in [0.2, 0.25) is 5.91 Å². The van der Waals surface area contributed by atoms with E-state index in [1.807, 2.05) is 18.7 Å². The van der Waals surface area contributed by atoms with Crippen molar-refractivity contribution in [2.24, 2.45) is 0 Å². The quantitative estimate of drug-likeness (QED) is 0.825. The number of nitrogens with one attached hydrogen (secondary N) is 1. The van der Waals surface area contributed by atoms with E-state index in [-0.39, 0.29) is 5.91 Å². The Morgan fingerprint density at radius 3 is 2.11 bits per heavy atom. The molecule has 0 unspecified atom stereocenters. The molecular weight excluding hydrogens is 244 g/mol. The van der Waals surface area contributed by atoms with Gasteiger partial charge in [0.1, 0.15) is 6.04 Å². The van der Waals surface area contributed by atoms with E-state index < -0.39 is 12.0 Å². The number of hydrogen-bond acceptors (Lipinski definition) is 3. The third-order valence-corrected chi connectivity index (χ3v) is 2.96. The fourth-order valence-corrected chi connectivity index (χ4v) is 2.05. The molecule has 0 spiro atoms. The average Bonchev–Trinajstić information content (AvgIpc) is 2.36. The molecule has 0 aromatic heterocycles. The van der Waals surface area contributed by atoms with E-state index in [2.05, 4.69) is 5.32 Å². The molecule has 0 fully saturated rings. The highest BCUT2D eigenvalue weighted by Crippen LogP contribution is 2.22. The van der Waals surface area contributed by atoms with Crippen LogP contribution in [0.3, 0.4) is 0 Å². The Kier molecular flexibility index (Phi) is 5.51. The summed E-state index contributed by atoms with van der Waals surface area (Å²) < 4.78 is 0. The summed E-state index contributed by atoms with van der Waals surface area (Å²) in [4.78, 5) is 24.2. The van der Waals surface area contributed by atoms with Crippen molar-refractivity contribution in [1.82, 2.24) is 4.90 Å². The lowest BCUT2D eigenvalue weighted by atomic mass is 10.0. The van der Waals surface area contributed by atoms with E-state index in [1.165, 1.54) is 6.92 Å². The molecule has 0 aliphatic heterocycles. The van der Waals surface area contributed by atoms with Gasteiger partial charge in [0.15, 0.2) is 0 Å². The first-order valence-electron chi connectivity index (χ1n) is 6.34. The SMILES string of the molecule is CCN(CC)[C@@H](C(=O)O)c1ccc(NC(C)=O)cc1. The van der Waals surface area contributed by atoms with Crippen molar-refractivity contribution in [2.75, 3.05) is 18.4 Å². The van der Waals surface area contributed by atoms with Crippen molar-refractivity contribution in [2.45, 2.75) is 26.8 Å². The summed E-state index contributed by atoms with van der Waals surface area (Å²) in [5.41, 5.74) is 1.38. The van der Waals surface area contributed by atoms with Gasteiger partial charge in [-0.1, -0.05) is 26.0 Å². The number of carboxylic acids is 1. The van der Waals surface area contributed by atoms with Crippen LogP contribution in [0.4, 0.5) is 5.69 Å². The minimum absolute atomic E-state index is 0.147. The lowest BCUT2D eigenvalue weighted by molar-refractivity contribution is -0.143. The minimum Gasteiger partial charge on any atom is -0.480 e. The molecule has 0 heterocycles. The standard InChI is InChI=1S/C14H20N2O3/c1-4-16(5-2)13(14(18)19)11-6-8-12(9-7-11)15-10(3)17/h6-9,13H,4-5H2,1-3H3,(H,15,17)(H,18,19)/t13-/m1/s1. The predicted octanol–water partition coefficient (Wildman–Crippen LogP) is 2.11. The van der Waals surface area contributed by atoms with Crippen molar-refractivity contribution in [3.63, 3.8) is 0 Å². The Hall–Kier alpha value is -1.88.